The molecule has 1 aromatic heterocycles. The Balaban J connectivity index is 1.91. The van der Waals surface area contributed by atoms with Crippen LogP contribution in [0.1, 0.15) is 26.5 Å². The molecule has 1 aromatic rings. The summed E-state index contributed by atoms with van der Waals surface area (Å²) in [5, 5.41) is 3.35. The lowest BCUT2D eigenvalue weighted by Gasteiger charge is -2.32. The minimum absolute atomic E-state index is 0.0280. The van der Waals surface area contributed by atoms with E-state index in [4.69, 9.17) is 4.42 Å². The summed E-state index contributed by atoms with van der Waals surface area (Å²) < 4.78 is 29.9. The van der Waals surface area contributed by atoms with Gasteiger partial charge in [-0.15, -0.1) is 0 Å². The third-order valence-corrected chi connectivity index (χ3v) is 4.62. The minimum Gasteiger partial charge on any atom is -0.432 e. The average molecular weight is 316 g/mol. The van der Waals surface area contributed by atoms with Crippen molar-refractivity contribution in [3.05, 3.63) is 12.0 Å². The smallest absolute Gasteiger partial charge is 0.297 e. The topological polar surface area (TPSA) is 78.7 Å². The number of hydrogen-bond donors (Lipinski definition) is 1. The summed E-state index contributed by atoms with van der Waals surface area (Å²) in [6.07, 6.45) is 2.89. The van der Waals surface area contributed by atoms with Crippen molar-refractivity contribution < 1.29 is 12.8 Å². The summed E-state index contributed by atoms with van der Waals surface area (Å²) in [5.41, 5.74) is 0.880. The largest absolute Gasteiger partial charge is 0.432 e. The van der Waals surface area contributed by atoms with Crippen molar-refractivity contribution in [1.82, 2.24) is 14.6 Å². The number of sulfonamides is 1. The molecule has 1 aliphatic rings. The van der Waals surface area contributed by atoms with Crippen LogP contribution in [0, 0.1) is 0 Å². The standard InChI is InChI=1S/C13H24N4O3S/c1-13(2,3)14-9-11-10-20-12(15-11)16-5-7-17(8-6-16)21(4,18)19/h10,14H,5-9H2,1-4H3. The number of rotatable bonds is 4. The van der Waals surface area contributed by atoms with E-state index < -0.39 is 10.0 Å². The van der Waals surface area contributed by atoms with E-state index in [1.165, 1.54) is 10.6 Å². The molecule has 1 aliphatic heterocycles. The normalized spacial score (nSPS) is 18.2. The Morgan fingerprint density at radius 2 is 1.90 bits per heavy atom. The van der Waals surface area contributed by atoms with Gasteiger partial charge in [0.15, 0.2) is 0 Å². The molecule has 120 valence electrons. The SMILES string of the molecule is CC(C)(C)NCc1coc(N2CCN(S(C)(=O)=O)CC2)n1. The monoisotopic (exact) mass is 316 g/mol. The van der Waals surface area contributed by atoms with Gasteiger partial charge in [-0.25, -0.2) is 8.42 Å². The van der Waals surface area contributed by atoms with E-state index in [0.29, 0.717) is 38.7 Å². The number of anilines is 1. The van der Waals surface area contributed by atoms with Gasteiger partial charge in [0.05, 0.1) is 11.9 Å². The van der Waals surface area contributed by atoms with Crippen LogP contribution in [-0.4, -0.2) is 55.7 Å². The number of hydrogen-bond acceptors (Lipinski definition) is 6. The Labute approximate surface area is 126 Å². The fourth-order valence-electron chi connectivity index (χ4n) is 2.09. The molecule has 2 heterocycles. The molecule has 0 unspecified atom stereocenters. The van der Waals surface area contributed by atoms with Gasteiger partial charge in [-0.05, 0) is 20.8 Å². The van der Waals surface area contributed by atoms with Gasteiger partial charge in [0, 0.05) is 38.3 Å². The highest BCUT2D eigenvalue weighted by atomic mass is 32.2. The number of oxazole rings is 1. The van der Waals surface area contributed by atoms with Crippen LogP contribution < -0.4 is 10.2 Å². The van der Waals surface area contributed by atoms with Crippen LogP contribution in [0.2, 0.25) is 0 Å². The molecule has 0 saturated carbocycles. The third-order valence-electron chi connectivity index (χ3n) is 3.32. The highest BCUT2D eigenvalue weighted by Gasteiger charge is 2.25. The zero-order chi connectivity index (χ0) is 15.7. The summed E-state index contributed by atoms with van der Waals surface area (Å²) >= 11 is 0. The van der Waals surface area contributed by atoms with Crippen LogP contribution in [-0.2, 0) is 16.6 Å². The first kappa shape index (κ1) is 16.3. The number of nitrogens with zero attached hydrogens (tertiary/aromatic N) is 3. The molecule has 1 saturated heterocycles. The van der Waals surface area contributed by atoms with Crippen LogP contribution in [0.5, 0.6) is 0 Å². The molecule has 0 spiro atoms. The highest BCUT2D eigenvalue weighted by molar-refractivity contribution is 7.88. The predicted molar refractivity (Wildman–Crippen MR) is 81.7 cm³/mol. The lowest BCUT2D eigenvalue weighted by Crippen LogP contribution is -2.48. The van der Waals surface area contributed by atoms with Gasteiger partial charge in [-0.3, -0.25) is 0 Å². The van der Waals surface area contributed by atoms with Crippen LogP contribution in [0.3, 0.4) is 0 Å². The summed E-state index contributed by atoms with van der Waals surface area (Å²) in [4.78, 5) is 6.43. The van der Waals surface area contributed by atoms with E-state index in [2.05, 4.69) is 31.1 Å². The molecule has 8 heteroatoms. The fraction of sp³-hybridized carbons (Fsp3) is 0.769. The van der Waals surface area contributed by atoms with Crippen LogP contribution >= 0.6 is 0 Å². The zero-order valence-corrected chi connectivity index (χ0v) is 13.9. The summed E-state index contributed by atoms with van der Waals surface area (Å²) in [7, 11) is -3.11. The molecule has 0 aliphatic carbocycles. The first-order valence-electron chi connectivity index (χ1n) is 7.05. The quantitative estimate of drug-likeness (QED) is 0.878. The van der Waals surface area contributed by atoms with Gasteiger partial charge >= 0.3 is 0 Å². The lowest BCUT2D eigenvalue weighted by atomic mass is 10.1. The van der Waals surface area contributed by atoms with Gasteiger partial charge in [0.25, 0.3) is 6.01 Å². The van der Waals surface area contributed by atoms with Crippen molar-refractivity contribution in [2.24, 2.45) is 0 Å². The molecule has 0 atom stereocenters. The molecular formula is C13H24N4O3S. The van der Waals surface area contributed by atoms with E-state index in [9.17, 15) is 8.42 Å². The van der Waals surface area contributed by atoms with Crippen molar-refractivity contribution in [3.8, 4) is 0 Å². The van der Waals surface area contributed by atoms with Gasteiger partial charge in [0.2, 0.25) is 10.0 Å². The van der Waals surface area contributed by atoms with Crippen molar-refractivity contribution in [3.63, 3.8) is 0 Å². The summed E-state index contributed by atoms with van der Waals surface area (Å²) in [5.74, 6) is 0. The predicted octanol–water partition coefficient (Wildman–Crippen LogP) is 0.644. The Morgan fingerprint density at radius 3 is 2.43 bits per heavy atom. The minimum atomic E-state index is -3.11. The maximum Gasteiger partial charge on any atom is 0.297 e. The number of piperazine rings is 1. The highest BCUT2D eigenvalue weighted by Crippen LogP contribution is 2.17. The van der Waals surface area contributed by atoms with Gasteiger partial charge in [-0.2, -0.15) is 9.29 Å². The van der Waals surface area contributed by atoms with Gasteiger partial charge in [0.1, 0.15) is 6.26 Å². The van der Waals surface area contributed by atoms with E-state index in [0.717, 1.165) is 5.69 Å². The van der Waals surface area contributed by atoms with Crippen molar-refractivity contribution in [2.75, 3.05) is 37.3 Å². The van der Waals surface area contributed by atoms with E-state index >= 15 is 0 Å². The fourth-order valence-corrected chi connectivity index (χ4v) is 2.92. The maximum absolute atomic E-state index is 11.5. The van der Waals surface area contributed by atoms with Crippen molar-refractivity contribution in [1.29, 1.82) is 0 Å². The Hall–Kier alpha value is -1.12. The molecule has 0 bridgehead atoms. The van der Waals surface area contributed by atoms with E-state index in [-0.39, 0.29) is 5.54 Å². The second kappa shape index (κ2) is 5.94. The molecule has 0 aromatic carbocycles. The molecule has 7 nitrogen and oxygen atoms in total. The summed E-state index contributed by atoms with van der Waals surface area (Å²) in [6, 6.07) is 0.564. The first-order chi connectivity index (χ1) is 9.65. The van der Waals surface area contributed by atoms with Crippen molar-refractivity contribution in [2.45, 2.75) is 32.9 Å². The first-order valence-corrected chi connectivity index (χ1v) is 8.89. The number of nitrogens with one attached hydrogen (secondary N) is 1. The van der Waals surface area contributed by atoms with Gasteiger partial charge in [-0.1, -0.05) is 0 Å². The van der Waals surface area contributed by atoms with Crippen LogP contribution in [0.15, 0.2) is 10.7 Å². The summed E-state index contributed by atoms with van der Waals surface area (Å²) in [6.45, 7) is 9.07. The molecule has 0 radical (unpaired) electrons. The molecule has 2 rings (SSSR count). The van der Waals surface area contributed by atoms with Gasteiger partial charge < -0.3 is 14.6 Å². The Kier molecular flexibility index (Phi) is 4.60. The Morgan fingerprint density at radius 1 is 1.29 bits per heavy atom. The Bertz CT molecular complexity index is 568. The molecular weight excluding hydrogens is 292 g/mol. The van der Waals surface area contributed by atoms with Crippen LogP contribution in [0.25, 0.3) is 0 Å². The average Bonchev–Trinajstić information content (AvgIpc) is 2.83. The molecule has 21 heavy (non-hydrogen) atoms. The number of aromatic nitrogens is 1. The maximum atomic E-state index is 11.5. The third kappa shape index (κ3) is 4.69. The molecule has 0 amide bonds. The second-order valence-electron chi connectivity index (χ2n) is 6.37. The molecule has 1 fully saturated rings. The van der Waals surface area contributed by atoms with E-state index in [1.54, 1.807) is 6.26 Å². The molecule has 1 N–H and O–H groups in total. The van der Waals surface area contributed by atoms with Crippen LogP contribution in [0.4, 0.5) is 6.01 Å². The van der Waals surface area contributed by atoms with Crippen molar-refractivity contribution >= 4 is 16.0 Å². The van der Waals surface area contributed by atoms with E-state index in [1.807, 2.05) is 4.90 Å². The lowest BCUT2D eigenvalue weighted by molar-refractivity contribution is 0.374. The second-order valence-corrected chi connectivity index (χ2v) is 8.36. The zero-order valence-electron chi connectivity index (χ0n) is 13.1.